The highest BCUT2D eigenvalue weighted by Crippen LogP contribution is 2.24. The van der Waals surface area contributed by atoms with Gasteiger partial charge in [0.2, 0.25) is 10.0 Å². The van der Waals surface area contributed by atoms with E-state index in [4.69, 9.17) is 4.74 Å². The van der Waals surface area contributed by atoms with Crippen LogP contribution in [-0.4, -0.2) is 59.1 Å². The van der Waals surface area contributed by atoms with Crippen molar-refractivity contribution in [3.63, 3.8) is 0 Å². The van der Waals surface area contributed by atoms with Gasteiger partial charge in [0, 0.05) is 30.9 Å². The zero-order valence-corrected chi connectivity index (χ0v) is 17.7. The number of rotatable bonds is 5. The van der Waals surface area contributed by atoms with Gasteiger partial charge in [-0.15, -0.1) is 0 Å². The summed E-state index contributed by atoms with van der Waals surface area (Å²) in [4.78, 5) is 8.15. The van der Waals surface area contributed by atoms with Gasteiger partial charge in [-0.05, 0) is 31.0 Å². The molecule has 7 nitrogen and oxygen atoms in total. The van der Waals surface area contributed by atoms with E-state index in [0.717, 1.165) is 62.7 Å². The van der Waals surface area contributed by atoms with Gasteiger partial charge in [0.05, 0.1) is 20.2 Å². The van der Waals surface area contributed by atoms with Crippen LogP contribution >= 0.6 is 0 Å². The molecule has 0 saturated carbocycles. The Morgan fingerprint density at radius 2 is 1.62 bits per heavy atom. The third-order valence-corrected chi connectivity index (χ3v) is 7.65. The van der Waals surface area contributed by atoms with Crippen molar-refractivity contribution >= 4 is 21.5 Å². The summed E-state index contributed by atoms with van der Waals surface area (Å²) in [6, 6.07) is 11.7. The van der Waals surface area contributed by atoms with Gasteiger partial charge in [-0.2, -0.15) is 4.31 Å². The second-order valence-electron chi connectivity index (χ2n) is 7.55. The number of pyridine rings is 1. The Hall–Kier alpha value is -2.32. The molecule has 1 aromatic heterocycles. The molecule has 8 heteroatoms. The van der Waals surface area contributed by atoms with Crippen LogP contribution in [0, 0.1) is 0 Å². The Kier molecular flexibility index (Phi) is 5.91. The van der Waals surface area contributed by atoms with E-state index in [9.17, 15) is 8.42 Å². The van der Waals surface area contributed by atoms with Crippen LogP contribution in [-0.2, 0) is 10.0 Å². The molecule has 29 heavy (non-hydrogen) atoms. The number of H-pyrrole nitrogens is 1. The van der Waals surface area contributed by atoms with Crippen LogP contribution in [0.1, 0.15) is 19.3 Å². The summed E-state index contributed by atoms with van der Waals surface area (Å²) in [5.74, 6) is 1.82. The highest BCUT2D eigenvalue weighted by Gasteiger charge is 2.28. The quantitative estimate of drug-likeness (QED) is 0.745. The number of hydrogen-bond acceptors (Lipinski definition) is 5. The lowest BCUT2D eigenvalue weighted by molar-refractivity contribution is -0.367. The first-order chi connectivity index (χ1) is 14.1. The molecule has 0 atom stereocenters. The van der Waals surface area contributed by atoms with Crippen molar-refractivity contribution in [2.75, 3.05) is 56.2 Å². The summed E-state index contributed by atoms with van der Waals surface area (Å²) in [5, 5.41) is 0. The largest absolute Gasteiger partial charge is 0.497 e. The molecule has 1 N–H and O–H groups in total. The van der Waals surface area contributed by atoms with E-state index in [2.05, 4.69) is 26.9 Å². The topological polar surface area (TPSA) is 67.2 Å². The minimum absolute atomic E-state index is 0.346. The number of ether oxygens (including phenoxy) is 1. The summed E-state index contributed by atoms with van der Waals surface area (Å²) in [6.07, 6.45) is 4.63. The standard InChI is InChI=1S/C21H28N4O3S/c1-28-19-7-5-6-18(16-19)23-12-14-24(15-13-23)21-9-8-20(17-22-21)29(26,27)25-10-3-2-4-11-25/h5-9,16-17H,2-4,10-15H2,1H3/p+1. The fraction of sp³-hybridized carbons (Fsp3) is 0.476. The van der Waals surface area contributed by atoms with Crippen LogP contribution in [0.15, 0.2) is 47.5 Å². The first-order valence-corrected chi connectivity index (χ1v) is 11.7. The predicted octanol–water partition coefficient (Wildman–Crippen LogP) is 2.01. The molecule has 0 bridgehead atoms. The van der Waals surface area contributed by atoms with E-state index in [0.29, 0.717) is 18.0 Å². The molecule has 2 aromatic rings. The Balaban J connectivity index is 1.40. The Bertz CT molecular complexity index is 919. The van der Waals surface area contributed by atoms with Crippen molar-refractivity contribution in [3.05, 3.63) is 42.6 Å². The van der Waals surface area contributed by atoms with Crippen molar-refractivity contribution in [2.45, 2.75) is 24.2 Å². The van der Waals surface area contributed by atoms with Gasteiger partial charge in [-0.3, -0.25) is 4.90 Å². The maximum atomic E-state index is 12.8. The molecule has 2 fully saturated rings. The van der Waals surface area contributed by atoms with Crippen molar-refractivity contribution in [2.24, 2.45) is 0 Å². The van der Waals surface area contributed by atoms with E-state index in [-0.39, 0.29) is 0 Å². The minimum Gasteiger partial charge on any atom is -0.497 e. The number of anilines is 2. The summed E-state index contributed by atoms with van der Waals surface area (Å²) < 4.78 is 32.5. The van der Waals surface area contributed by atoms with Crippen molar-refractivity contribution < 1.29 is 18.1 Å². The number of benzene rings is 1. The lowest BCUT2D eigenvalue weighted by atomic mass is 10.2. The number of piperazine rings is 1. The van der Waals surface area contributed by atoms with E-state index in [1.54, 1.807) is 23.7 Å². The van der Waals surface area contributed by atoms with Crippen LogP contribution in [0.4, 0.5) is 11.5 Å². The predicted molar refractivity (Wildman–Crippen MR) is 113 cm³/mol. The zero-order chi connectivity index (χ0) is 20.3. The molecule has 156 valence electrons. The molecule has 2 saturated heterocycles. The third-order valence-electron chi connectivity index (χ3n) is 5.76. The molecule has 0 aliphatic carbocycles. The molecular weight excluding hydrogens is 388 g/mol. The maximum absolute atomic E-state index is 12.8. The van der Waals surface area contributed by atoms with Crippen LogP contribution in [0.5, 0.6) is 5.75 Å². The number of piperidine rings is 1. The molecule has 0 radical (unpaired) electrons. The minimum atomic E-state index is -3.40. The lowest BCUT2D eigenvalue weighted by Gasteiger charge is -2.32. The molecular formula is C21H29N4O3S+. The van der Waals surface area contributed by atoms with Gasteiger partial charge in [-0.25, -0.2) is 13.4 Å². The molecule has 0 spiro atoms. The molecule has 0 unspecified atom stereocenters. The van der Waals surface area contributed by atoms with Crippen molar-refractivity contribution in [3.8, 4) is 5.75 Å². The fourth-order valence-electron chi connectivity index (χ4n) is 4.03. The number of hydrogen-bond donors (Lipinski definition) is 0. The van der Waals surface area contributed by atoms with Crippen LogP contribution < -0.4 is 19.5 Å². The molecule has 2 aliphatic rings. The molecule has 2 aliphatic heterocycles. The molecule has 0 amide bonds. The molecule has 1 aromatic carbocycles. The molecule has 3 heterocycles. The Morgan fingerprint density at radius 1 is 0.897 bits per heavy atom. The van der Waals surface area contributed by atoms with Crippen LogP contribution in [0.2, 0.25) is 0 Å². The summed E-state index contributed by atoms with van der Waals surface area (Å²) in [5.41, 5.74) is 1.16. The SMILES string of the molecule is COc1cccc(N2CCN(c3ccc(S(=O)(=O)N4CCCCC4)c[nH+]3)CC2)c1. The second-order valence-corrected chi connectivity index (χ2v) is 9.49. The number of aromatic nitrogens is 1. The first kappa shape index (κ1) is 20.0. The number of nitrogens with zero attached hydrogens (tertiary/aromatic N) is 3. The number of aromatic amines is 1. The number of sulfonamides is 1. The van der Waals surface area contributed by atoms with Crippen molar-refractivity contribution in [1.29, 1.82) is 0 Å². The fourth-order valence-corrected chi connectivity index (χ4v) is 5.51. The Morgan fingerprint density at radius 3 is 2.28 bits per heavy atom. The van der Waals surface area contributed by atoms with Crippen molar-refractivity contribution in [1.82, 2.24) is 4.31 Å². The average Bonchev–Trinajstić information content (AvgIpc) is 2.80. The second kappa shape index (κ2) is 8.59. The highest BCUT2D eigenvalue weighted by atomic mass is 32.2. The zero-order valence-electron chi connectivity index (χ0n) is 16.9. The van der Waals surface area contributed by atoms with E-state index in [1.807, 2.05) is 18.2 Å². The van der Waals surface area contributed by atoms with Gasteiger partial charge >= 0.3 is 0 Å². The number of nitrogens with one attached hydrogen (secondary N) is 1. The Labute approximate surface area is 172 Å². The van der Waals surface area contributed by atoms with E-state index < -0.39 is 10.0 Å². The van der Waals surface area contributed by atoms with Crippen LogP contribution in [0.3, 0.4) is 0 Å². The van der Waals surface area contributed by atoms with Gasteiger partial charge in [0.1, 0.15) is 29.9 Å². The first-order valence-electron chi connectivity index (χ1n) is 10.2. The third kappa shape index (κ3) is 4.33. The smallest absolute Gasteiger partial charge is 0.274 e. The summed E-state index contributed by atoms with van der Waals surface area (Å²) >= 11 is 0. The van der Waals surface area contributed by atoms with Gasteiger partial charge in [0.25, 0.3) is 5.82 Å². The summed E-state index contributed by atoms with van der Waals surface area (Å²) in [7, 11) is -1.71. The normalized spacial score (nSPS) is 18.7. The van der Waals surface area contributed by atoms with E-state index >= 15 is 0 Å². The molecule has 4 rings (SSSR count). The van der Waals surface area contributed by atoms with Gasteiger partial charge < -0.3 is 9.64 Å². The average molecular weight is 418 g/mol. The van der Waals surface area contributed by atoms with Gasteiger partial charge in [0.15, 0.2) is 0 Å². The maximum Gasteiger partial charge on any atom is 0.274 e. The number of methoxy groups -OCH3 is 1. The lowest BCUT2D eigenvalue weighted by Crippen LogP contribution is -2.48. The van der Waals surface area contributed by atoms with Gasteiger partial charge in [-0.1, -0.05) is 12.5 Å². The summed E-state index contributed by atoms with van der Waals surface area (Å²) in [6.45, 7) is 4.77. The van der Waals surface area contributed by atoms with E-state index in [1.165, 1.54) is 0 Å². The monoisotopic (exact) mass is 417 g/mol. The highest BCUT2D eigenvalue weighted by molar-refractivity contribution is 7.89. The van der Waals surface area contributed by atoms with Crippen LogP contribution in [0.25, 0.3) is 0 Å².